The SMILES string of the molecule is [2H]C1N(C(=O)OC(C)(C)C)CCCC1([2H])c1ccc(Br)cc1. The van der Waals surface area contributed by atoms with E-state index in [1.165, 1.54) is 4.90 Å². The quantitative estimate of drug-likeness (QED) is 0.749. The minimum absolute atomic E-state index is 0.459. The Morgan fingerprint density at radius 2 is 2.10 bits per heavy atom. The standard InChI is InChI=1S/C16H22BrNO2/c1-16(2,3)20-15(19)18-10-4-5-13(11-18)12-6-8-14(17)9-7-12/h6-9,13H,4-5,10-11H2,1-3H3/i11D,13D. The Morgan fingerprint density at radius 3 is 2.70 bits per heavy atom. The Hall–Kier alpha value is -1.03. The molecule has 1 aromatic carbocycles. The van der Waals surface area contributed by atoms with Gasteiger partial charge in [-0.15, -0.1) is 0 Å². The number of hydrogen-bond donors (Lipinski definition) is 0. The molecule has 1 aliphatic heterocycles. The highest BCUT2D eigenvalue weighted by Crippen LogP contribution is 2.28. The molecule has 0 bridgehead atoms. The van der Waals surface area contributed by atoms with Crippen LogP contribution in [0.2, 0.25) is 0 Å². The number of carbonyl (C=O) groups is 1. The van der Waals surface area contributed by atoms with E-state index in [1.807, 2.05) is 24.3 Å². The first-order valence-electron chi connectivity index (χ1n) is 7.89. The third-order valence-corrected chi connectivity index (χ3v) is 3.53. The fourth-order valence-corrected chi connectivity index (χ4v) is 2.37. The van der Waals surface area contributed by atoms with Gasteiger partial charge in [-0.1, -0.05) is 28.1 Å². The number of likely N-dealkylation sites (tertiary alicyclic amines) is 1. The normalized spacial score (nSPS) is 28.6. The van der Waals surface area contributed by atoms with Crippen LogP contribution in [0.25, 0.3) is 0 Å². The highest BCUT2D eigenvalue weighted by Gasteiger charge is 2.28. The molecule has 0 spiro atoms. The van der Waals surface area contributed by atoms with Crippen molar-refractivity contribution in [3.63, 3.8) is 0 Å². The van der Waals surface area contributed by atoms with Gasteiger partial charge in [-0.05, 0) is 51.3 Å². The second-order valence-corrected chi connectivity index (χ2v) is 6.85. The number of amides is 1. The zero-order chi connectivity index (χ0) is 16.5. The van der Waals surface area contributed by atoms with E-state index in [1.54, 1.807) is 20.8 Å². The molecule has 1 heterocycles. The molecular weight excluding hydrogens is 318 g/mol. The number of benzene rings is 1. The second kappa shape index (κ2) is 6.17. The maximum atomic E-state index is 12.3. The molecule has 2 atom stereocenters. The summed E-state index contributed by atoms with van der Waals surface area (Å²) in [7, 11) is 0. The van der Waals surface area contributed by atoms with Gasteiger partial charge in [-0.25, -0.2) is 4.79 Å². The average Bonchev–Trinajstić information content (AvgIpc) is 2.40. The van der Waals surface area contributed by atoms with Crippen molar-refractivity contribution < 1.29 is 12.3 Å². The molecule has 0 aliphatic carbocycles. The molecule has 2 rings (SSSR count). The first kappa shape index (κ1) is 12.7. The molecule has 1 fully saturated rings. The molecule has 1 aliphatic rings. The van der Waals surface area contributed by atoms with Gasteiger partial charge < -0.3 is 9.64 Å². The van der Waals surface area contributed by atoms with E-state index in [4.69, 9.17) is 7.48 Å². The van der Waals surface area contributed by atoms with Crippen LogP contribution >= 0.6 is 15.9 Å². The monoisotopic (exact) mass is 341 g/mol. The van der Waals surface area contributed by atoms with Gasteiger partial charge in [0.2, 0.25) is 0 Å². The van der Waals surface area contributed by atoms with E-state index in [0.717, 1.165) is 10.0 Å². The van der Waals surface area contributed by atoms with Crippen molar-refractivity contribution in [1.82, 2.24) is 4.90 Å². The van der Waals surface area contributed by atoms with Gasteiger partial charge in [0.1, 0.15) is 5.60 Å². The molecule has 20 heavy (non-hydrogen) atoms. The first-order valence-corrected chi connectivity index (χ1v) is 7.61. The summed E-state index contributed by atoms with van der Waals surface area (Å²) in [5, 5.41) is 0. The van der Waals surface area contributed by atoms with Gasteiger partial charge in [-0.2, -0.15) is 0 Å². The molecule has 4 heteroatoms. The van der Waals surface area contributed by atoms with Crippen molar-refractivity contribution in [2.75, 3.05) is 13.1 Å². The third kappa shape index (κ3) is 4.23. The van der Waals surface area contributed by atoms with E-state index in [0.29, 0.717) is 19.4 Å². The third-order valence-electron chi connectivity index (χ3n) is 3.00. The van der Waals surface area contributed by atoms with Gasteiger partial charge in [-0.3, -0.25) is 0 Å². The number of carbonyl (C=O) groups excluding carboxylic acids is 1. The van der Waals surface area contributed by atoms with Crippen LogP contribution < -0.4 is 0 Å². The Labute approximate surface area is 132 Å². The van der Waals surface area contributed by atoms with Crippen molar-refractivity contribution in [3.8, 4) is 0 Å². The van der Waals surface area contributed by atoms with Gasteiger partial charge in [0.15, 0.2) is 0 Å². The minimum Gasteiger partial charge on any atom is -0.444 e. The Balaban J connectivity index is 2.24. The summed E-state index contributed by atoms with van der Waals surface area (Å²) in [5.41, 5.74) is 0.153. The van der Waals surface area contributed by atoms with E-state index in [9.17, 15) is 4.79 Å². The predicted molar refractivity (Wildman–Crippen MR) is 83.9 cm³/mol. The van der Waals surface area contributed by atoms with Crippen LogP contribution in [0, 0.1) is 0 Å². The minimum atomic E-state index is -1.13. The lowest BCUT2D eigenvalue weighted by Crippen LogP contribution is -2.42. The molecule has 3 nitrogen and oxygen atoms in total. The summed E-state index contributed by atoms with van der Waals surface area (Å²) in [6.07, 6.45) is 0.733. The van der Waals surface area contributed by atoms with Crippen LogP contribution in [-0.4, -0.2) is 29.7 Å². The summed E-state index contributed by atoms with van der Waals surface area (Å²) in [4.78, 5) is 13.7. The lowest BCUT2D eigenvalue weighted by atomic mass is 9.91. The lowest BCUT2D eigenvalue weighted by Gasteiger charge is -2.34. The van der Waals surface area contributed by atoms with E-state index in [2.05, 4.69) is 15.9 Å². The molecule has 1 saturated heterocycles. The van der Waals surface area contributed by atoms with Crippen molar-refractivity contribution >= 4 is 22.0 Å². The molecule has 0 saturated carbocycles. The number of halogens is 1. The van der Waals surface area contributed by atoms with Crippen LogP contribution in [-0.2, 0) is 4.74 Å². The molecule has 1 amide bonds. The Morgan fingerprint density at radius 1 is 1.45 bits per heavy atom. The topological polar surface area (TPSA) is 29.5 Å². The van der Waals surface area contributed by atoms with Gasteiger partial charge >= 0.3 is 6.09 Å². The molecule has 2 unspecified atom stereocenters. The van der Waals surface area contributed by atoms with Crippen LogP contribution in [0.15, 0.2) is 28.7 Å². The molecule has 0 radical (unpaired) electrons. The van der Waals surface area contributed by atoms with E-state index in [-0.39, 0.29) is 0 Å². The fraction of sp³-hybridized carbons (Fsp3) is 0.562. The summed E-state index contributed by atoms with van der Waals surface area (Å²) < 4.78 is 23.5. The fourth-order valence-electron chi connectivity index (χ4n) is 2.10. The maximum absolute atomic E-state index is 12.3. The molecule has 1 aromatic rings. The van der Waals surface area contributed by atoms with Crippen LogP contribution in [0.1, 0.15) is 47.8 Å². The Kier molecular flexibility index (Phi) is 3.91. The van der Waals surface area contributed by atoms with E-state index >= 15 is 0 Å². The molecule has 0 N–H and O–H groups in total. The van der Waals surface area contributed by atoms with Crippen LogP contribution in [0.4, 0.5) is 4.79 Å². The largest absolute Gasteiger partial charge is 0.444 e. The zero-order valence-electron chi connectivity index (χ0n) is 14.1. The number of nitrogens with zero attached hydrogens (tertiary/aromatic N) is 1. The summed E-state index contributed by atoms with van der Waals surface area (Å²) in [6, 6.07) is 7.42. The summed E-state index contributed by atoms with van der Waals surface area (Å²) in [6.45, 7) is 4.89. The molecular formula is C16H22BrNO2. The zero-order valence-corrected chi connectivity index (χ0v) is 13.7. The van der Waals surface area contributed by atoms with Crippen LogP contribution in [0.3, 0.4) is 0 Å². The lowest BCUT2D eigenvalue weighted by molar-refractivity contribution is 0.0198. The molecule has 110 valence electrons. The summed E-state index contributed by atoms with van der Waals surface area (Å²) >= 11 is 3.38. The van der Waals surface area contributed by atoms with Gasteiger partial charge in [0, 0.05) is 24.8 Å². The van der Waals surface area contributed by atoms with Crippen LogP contribution in [0.5, 0.6) is 0 Å². The molecule has 0 aromatic heterocycles. The Bertz CT molecular complexity index is 544. The van der Waals surface area contributed by atoms with Gasteiger partial charge in [0.25, 0.3) is 0 Å². The number of ether oxygens (including phenoxy) is 1. The van der Waals surface area contributed by atoms with Crippen molar-refractivity contribution in [2.24, 2.45) is 0 Å². The predicted octanol–water partition coefficient (Wildman–Crippen LogP) is 4.56. The highest BCUT2D eigenvalue weighted by molar-refractivity contribution is 9.10. The summed E-state index contributed by atoms with van der Waals surface area (Å²) in [5.74, 6) is -1.13. The van der Waals surface area contributed by atoms with E-state index < -0.39 is 24.1 Å². The van der Waals surface area contributed by atoms with Crippen molar-refractivity contribution in [1.29, 1.82) is 0 Å². The smallest absolute Gasteiger partial charge is 0.410 e. The second-order valence-electron chi connectivity index (χ2n) is 5.94. The van der Waals surface area contributed by atoms with Crippen molar-refractivity contribution in [3.05, 3.63) is 34.3 Å². The number of rotatable bonds is 1. The number of hydrogen-bond acceptors (Lipinski definition) is 2. The van der Waals surface area contributed by atoms with Gasteiger partial charge in [0.05, 0.1) is 1.37 Å². The maximum Gasteiger partial charge on any atom is 0.410 e. The number of piperidine rings is 1. The average molecular weight is 342 g/mol. The van der Waals surface area contributed by atoms with Crippen molar-refractivity contribution in [2.45, 2.75) is 45.1 Å². The highest BCUT2D eigenvalue weighted by atomic mass is 79.9. The first-order chi connectivity index (χ1) is 10.1.